The molecule has 1 aromatic carbocycles. The van der Waals surface area contributed by atoms with E-state index >= 15 is 0 Å². The van der Waals surface area contributed by atoms with E-state index in [1.165, 1.54) is 18.2 Å². The third-order valence-electron chi connectivity index (χ3n) is 3.19. The minimum absolute atomic E-state index is 0.000639. The van der Waals surface area contributed by atoms with Crippen molar-refractivity contribution in [3.63, 3.8) is 0 Å². The van der Waals surface area contributed by atoms with Crippen LogP contribution in [0.15, 0.2) is 18.2 Å². The summed E-state index contributed by atoms with van der Waals surface area (Å²) in [6, 6.07) is 3.95. The van der Waals surface area contributed by atoms with E-state index in [9.17, 15) is 14.9 Å². The Hall–Kier alpha value is -1.66. The molecule has 1 aromatic rings. The van der Waals surface area contributed by atoms with Crippen LogP contribution < -0.4 is 5.32 Å². The number of hydrogen-bond donors (Lipinski definition) is 2. The molecule has 0 bridgehead atoms. The zero-order valence-electron chi connectivity index (χ0n) is 11.8. The number of aliphatic hydroxyl groups excluding tert-OH is 1. The number of nitrogens with one attached hydrogen (secondary N) is 1. The smallest absolute Gasteiger partial charge is 0.288 e. The van der Waals surface area contributed by atoms with Gasteiger partial charge in [-0.3, -0.25) is 14.9 Å². The fraction of sp³-hybridized carbons (Fsp3) is 0.500. The molecule has 0 aliphatic rings. The molecular formula is C14H19ClN2O4. The minimum Gasteiger partial charge on any atom is -0.396 e. The monoisotopic (exact) mass is 314 g/mol. The molecule has 0 spiro atoms. The highest BCUT2D eigenvalue weighted by Crippen LogP contribution is 2.25. The average molecular weight is 315 g/mol. The van der Waals surface area contributed by atoms with E-state index in [4.69, 9.17) is 16.7 Å². The van der Waals surface area contributed by atoms with Crippen molar-refractivity contribution in [3.8, 4) is 0 Å². The number of nitrogens with zero attached hydrogens (tertiary/aromatic N) is 1. The average Bonchev–Trinajstić information content (AvgIpc) is 2.45. The molecule has 7 heteroatoms. The molecule has 1 rings (SSSR count). The lowest BCUT2D eigenvalue weighted by atomic mass is 10.00. The van der Waals surface area contributed by atoms with Gasteiger partial charge in [-0.1, -0.05) is 24.9 Å². The molecule has 1 amide bonds. The molecule has 116 valence electrons. The van der Waals surface area contributed by atoms with Gasteiger partial charge in [0.2, 0.25) is 0 Å². The van der Waals surface area contributed by atoms with Crippen LogP contribution in [-0.2, 0) is 0 Å². The van der Waals surface area contributed by atoms with Crippen molar-refractivity contribution in [2.45, 2.75) is 26.2 Å². The normalized spacial score (nSPS) is 12.0. The molecule has 0 radical (unpaired) electrons. The zero-order valence-corrected chi connectivity index (χ0v) is 12.6. The number of carbonyl (C=O) groups excluding carboxylic acids is 1. The number of carbonyl (C=O) groups is 1. The first-order valence-corrected chi connectivity index (χ1v) is 7.20. The SMILES string of the molecule is CCCC(CCO)CNC(=O)c1ccc(Cl)c([N+](=O)[O-])c1. The second-order valence-corrected chi connectivity index (χ2v) is 5.21. The standard InChI is InChI=1S/C14H19ClN2O4/c1-2-3-10(6-7-18)9-16-14(19)11-4-5-12(15)13(8-11)17(20)21/h4-5,8,10,18H,2-3,6-7,9H2,1H3,(H,16,19). The first-order valence-electron chi connectivity index (χ1n) is 6.82. The fourth-order valence-corrected chi connectivity index (χ4v) is 2.26. The molecule has 1 atom stereocenters. The number of nitro benzene ring substituents is 1. The lowest BCUT2D eigenvalue weighted by Crippen LogP contribution is -2.29. The van der Waals surface area contributed by atoms with E-state index in [0.29, 0.717) is 13.0 Å². The summed E-state index contributed by atoms with van der Waals surface area (Å²) in [5, 5.41) is 22.5. The van der Waals surface area contributed by atoms with E-state index in [1.54, 1.807) is 0 Å². The molecule has 0 aromatic heterocycles. The van der Waals surface area contributed by atoms with E-state index in [0.717, 1.165) is 12.8 Å². The lowest BCUT2D eigenvalue weighted by molar-refractivity contribution is -0.384. The predicted molar refractivity (Wildman–Crippen MR) is 80.5 cm³/mol. The number of amides is 1. The van der Waals surface area contributed by atoms with Gasteiger partial charge in [-0.15, -0.1) is 0 Å². The Kier molecular flexibility index (Phi) is 7.11. The van der Waals surface area contributed by atoms with Crippen molar-refractivity contribution in [3.05, 3.63) is 38.9 Å². The molecule has 0 aliphatic carbocycles. The van der Waals surface area contributed by atoms with Gasteiger partial charge >= 0.3 is 0 Å². The van der Waals surface area contributed by atoms with Crippen LogP contribution in [0.3, 0.4) is 0 Å². The van der Waals surface area contributed by atoms with E-state index < -0.39 is 4.92 Å². The van der Waals surface area contributed by atoms with Crippen LogP contribution in [0.1, 0.15) is 36.5 Å². The Morgan fingerprint density at radius 2 is 2.19 bits per heavy atom. The Labute approximate surface area is 128 Å². The molecule has 6 nitrogen and oxygen atoms in total. The van der Waals surface area contributed by atoms with Crippen LogP contribution in [0.4, 0.5) is 5.69 Å². The van der Waals surface area contributed by atoms with Gasteiger partial charge in [-0.25, -0.2) is 0 Å². The number of rotatable bonds is 8. The van der Waals surface area contributed by atoms with Gasteiger partial charge in [0.05, 0.1) is 4.92 Å². The van der Waals surface area contributed by atoms with E-state index in [1.807, 2.05) is 6.92 Å². The summed E-state index contributed by atoms with van der Waals surface area (Å²) in [6.07, 6.45) is 2.49. The molecule has 0 fully saturated rings. The quantitative estimate of drug-likeness (QED) is 0.570. The summed E-state index contributed by atoms with van der Waals surface area (Å²) in [5.74, 6) is -0.181. The van der Waals surface area contributed by atoms with Gasteiger partial charge in [0.1, 0.15) is 5.02 Å². The van der Waals surface area contributed by atoms with Crippen molar-refractivity contribution in [2.75, 3.05) is 13.2 Å². The highest BCUT2D eigenvalue weighted by atomic mass is 35.5. The van der Waals surface area contributed by atoms with Crippen molar-refractivity contribution in [1.82, 2.24) is 5.32 Å². The molecular weight excluding hydrogens is 296 g/mol. The fourth-order valence-electron chi connectivity index (χ4n) is 2.07. The maximum atomic E-state index is 12.0. The third-order valence-corrected chi connectivity index (χ3v) is 3.51. The highest BCUT2D eigenvalue weighted by Gasteiger charge is 2.17. The van der Waals surface area contributed by atoms with Crippen molar-refractivity contribution >= 4 is 23.2 Å². The number of nitro groups is 1. The Morgan fingerprint density at radius 1 is 1.48 bits per heavy atom. The number of benzene rings is 1. The van der Waals surface area contributed by atoms with Crippen molar-refractivity contribution in [2.24, 2.45) is 5.92 Å². The minimum atomic E-state index is -0.620. The Morgan fingerprint density at radius 3 is 2.76 bits per heavy atom. The molecule has 0 aliphatic heterocycles. The number of halogens is 1. The maximum Gasteiger partial charge on any atom is 0.288 e. The summed E-state index contributed by atoms with van der Waals surface area (Å²) in [5.41, 5.74) is -0.0878. The number of hydrogen-bond acceptors (Lipinski definition) is 4. The topological polar surface area (TPSA) is 92.5 Å². The van der Waals surface area contributed by atoms with Gasteiger partial charge in [0.15, 0.2) is 0 Å². The van der Waals surface area contributed by atoms with E-state index in [-0.39, 0.29) is 34.7 Å². The van der Waals surface area contributed by atoms with Crippen molar-refractivity contribution in [1.29, 1.82) is 0 Å². The van der Waals surface area contributed by atoms with Gasteiger partial charge in [0, 0.05) is 24.8 Å². The molecule has 0 heterocycles. The summed E-state index contributed by atoms with van der Waals surface area (Å²) in [6.45, 7) is 2.55. The second-order valence-electron chi connectivity index (χ2n) is 4.80. The summed E-state index contributed by atoms with van der Waals surface area (Å²) >= 11 is 5.70. The molecule has 1 unspecified atom stereocenters. The summed E-state index contributed by atoms with van der Waals surface area (Å²) < 4.78 is 0. The van der Waals surface area contributed by atoms with Gasteiger partial charge in [-0.05, 0) is 30.9 Å². The molecule has 0 saturated heterocycles. The van der Waals surface area contributed by atoms with Crippen LogP contribution in [0, 0.1) is 16.0 Å². The molecule has 2 N–H and O–H groups in total. The van der Waals surface area contributed by atoms with E-state index in [2.05, 4.69) is 5.32 Å². The van der Waals surface area contributed by atoms with Gasteiger partial charge in [0.25, 0.3) is 11.6 Å². The zero-order chi connectivity index (χ0) is 15.8. The second kappa shape index (κ2) is 8.59. The molecule has 21 heavy (non-hydrogen) atoms. The predicted octanol–water partition coefficient (Wildman–Crippen LogP) is 2.78. The van der Waals surface area contributed by atoms with Gasteiger partial charge in [-0.2, -0.15) is 0 Å². The van der Waals surface area contributed by atoms with Crippen molar-refractivity contribution < 1.29 is 14.8 Å². The van der Waals surface area contributed by atoms with Crippen LogP contribution in [0.5, 0.6) is 0 Å². The van der Waals surface area contributed by atoms with Crippen LogP contribution in [-0.4, -0.2) is 29.1 Å². The summed E-state index contributed by atoms with van der Waals surface area (Å²) in [4.78, 5) is 22.2. The Bertz CT molecular complexity index is 502. The highest BCUT2D eigenvalue weighted by molar-refractivity contribution is 6.32. The number of aliphatic hydroxyl groups is 1. The van der Waals surface area contributed by atoms with Gasteiger partial charge < -0.3 is 10.4 Å². The first kappa shape index (κ1) is 17.4. The Balaban J connectivity index is 2.71. The first-order chi connectivity index (χ1) is 9.99. The van der Waals surface area contributed by atoms with Crippen LogP contribution in [0.2, 0.25) is 5.02 Å². The molecule has 0 saturated carbocycles. The third kappa shape index (κ3) is 5.32. The summed E-state index contributed by atoms with van der Waals surface area (Å²) in [7, 11) is 0. The largest absolute Gasteiger partial charge is 0.396 e. The maximum absolute atomic E-state index is 12.0. The van der Waals surface area contributed by atoms with Crippen LogP contribution in [0.25, 0.3) is 0 Å². The van der Waals surface area contributed by atoms with Crippen LogP contribution >= 0.6 is 11.6 Å². The lowest BCUT2D eigenvalue weighted by Gasteiger charge is -2.15.